The van der Waals surface area contributed by atoms with Gasteiger partial charge in [0.2, 0.25) is 0 Å². The third-order valence-electron chi connectivity index (χ3n) is 2.82. The van der Waals surface area contributed by atoms with Crippen LogP contribution in [-0.4, -0.2) is 30.0 Å². The molecule has 3 rings (SSSR count). The smallest absolute Gasteiger partial charge is 0.161 e. The van der Waals surface area contributed by atoms with Gasteiger partial charge in [-0.1, -0.05) is 11.3 Å². The number of benzene rings is 1. The van der Waals surface area contributed by atoms with E-state index < -0.39 is 0 Å². The minimum Gasteiger partial charge on any atom is -0.490 e. The monoisotopic (exact) mass is 277 g/mol. The Balaban J connectivity index is 1.89. The van der Waals surface area contributed by atoms with Crippen molar-refractivity contribution in [3.63, 3.8) is 0 Å². The minimum atomic E-state index is 0.593. The Morgan fingerprint density at radius 1 is 1.16 bits per heavy atom. The highest BCUT2D eigenvalue weighted by Crippen LogP contribution is 2.35. The third kappa shape index (κ3) is 2.69. The van der Waals surface area contributed by atoms with E-state index in [-0.39, 0.29) is 0 Å². The van der Waals surface area contributed by atoms with Crippen LogP contribution in [0, 0.1) is 0 Å². The lowest BCUT2D eigenvalue weighted by molar-refractivity contribution is 0.297. The SMILES string of the molecule is NCCc1nnc(-c2ccc3c(c2)OCCCO3)s1. The van der Waals surface area contributed by atoms with E-state index >= 15 is 0 Å². The predicted octanol–water partition coefficient (Wildman–Crippen LogP) is 1.87. The van der Waals surface area contributed by atoms with E-state index in [2.05, 4.69) is 10.2 Å². The first-order valence-electron chi connectivity index (χ1n) is 6.29. The molecule has 1 aromatic heterocycles. The van der Waals surface area contributed by atoms with Crippen molar-refractivity contribution in [3.8, 4) is 22.1 Å². The Morgan fingerprint density at radius 3 is 2.84 bits per heavy atom. The Hall–Kier alpha value is -1.66. The third-order valence-corrected chi connectivity index (χ3v) is 3.85. The molecule has 1 aliphatic rings. The van der Waals surface area contributed by atoms with Gasteiger partial charge in [-0.05, 0) is 24.7 Å². The van der Waals surface area contributed by atoms with Crippen molar-refractivity contribution in [3.05, 3.63) is 23.2 Å². The van der Waals surface area contributed by atoms with Gasteiger partial charge in [0, 0.05) is 18.4 Å². The van der Waals surface area contributed by atoms with E-state index in [0.29, 0.717) is 19.8 Å². The number of fused-ring (bicyclic) bond motifs is 1. The molecule has 0 saturated carbocycles. The molecule has 0 bridgehead atoms. The average molecular weight is 277 g/mol. The zero-order valence-electron chi connectivity index (χ0n) is 10.5. The maximum atomic E-state index is 5.68. The molecule has 0 saturated heterocycles. The van der Waals surface area contributed by atoms with Crippen LogP contribution < -0.4 is 15.2 Å². The first kappa shape index (κ1) is 12.4. The van der Waals surface area contributed by atoms with Gasteiger partial charge < -0.3 is 15.2 Å². The standard InChI is InChI=1S/C13H15N3O2S/c14-5-4-12-15-16-13(19-12)9-2-3-10-11(8-9)18-7-1-6-17-10/h2-3,8H,1,4-7,14H2. The van der Waals surface area contributed by atoms with Crippen molar-refractivity contribution in [2.75, 3.05) is 19.8 Å². The Labute approximate surface area is 115 Å². The largest absolute Gasteiger partial charge is 0.490 e. The van der Waals surface area contributed by atoms with Gasteiger partial charge in [-0.25, -0.2) is 0 Å². The number of nitrogens with two attached hydrogens (primary N) is 1. The van der Waals surface area contributed by atoms with Crippen LogP contribution in [-0.2, 0) is 6.42 Å². The topological polar surface area (TPSA) is 70.3 Å². The van der Waals surface area contributed by atoms with Crippen LogP contribution in [0.4, 0.5) is 0 Å². The molecule has 0 aliphatic carbocycles. The molecule has 0 amide bonds. The van der Waals surface area contributed by atoms with Crippen molar-refractivity contribution in [1.82, 2.24) is 10.2 Å². The molecule has 19 heavy (non-hydrogen) atoms. The van der Waals surface area contributed by atoms with Gasteiger partial charge in [0.1, 0.15) is 10.0 Å². The summed E-state index contributed by atoms with van der Waals surface area (Å²) in [4.78, 5) is 0. The zero-order valence-corrected chi connectivity index (χ0v) is 11.3. The lowest BCUT2D eigenvalue weighted by Gasteiger charge is -2.07. The average Bonchev–Trinajstić information content (AvgIpc) is 2.76. The van der Waals surface area contributed by atoms with Gasteiger partial charge in [0.15, 0.2) is 11.5 Å². The Bertz CT molecular complexity index is 571. The van der Waals surface area contributed by atoms with E-state index in [9.17, 15) is 0 Å². The van der Waals surface area contributed by atoms with Crippen LogP contribution in [0.3, 0.4) is 0 Å². The molecule has 0 fully saturated rings. The number of nitrogens with zero attached hydrogens (tertiary/aromatic N) is 2. The molecule has 100 valence electrons. The summed E-state index contributed by atoms with van der Waals surface area (Å²) in [5.74, 6) is 1.58. The summed E-state index contributed by atoms with van der Waals surface area (Å²) in [7, 11) is 0. The fraction of sp³-hybridized carbons (Fsp3) is 0.385. The maximum Gasteiger partial charge on any atom is 0.161 e. The molecule has 0 atom stereocenters. The Morgan fingerprint density at radius 2 is 2.00 bits per heavy atom. The highest BCUT2D eigenvalue weighted by atomic mass is 32.1. The van der Waals surface area contributed by atoms with Crippen molar-refractivity contribution in [2.24, 2.45) is 5.73 Å². The number of rotatable bonds is 3. The number of aromatic nitrogens is 2. The maximum absolute atomic E-state index is 5.68. The molecule has 1 aliphatic heterocycles. The molecule has 0 spiro atoms. The lowest BCUT2D eigenvalue weighted by Crippen LogP contribution is -2.01. The summed E-state index contributed by atoms with van der Waals surface area (Å²) in [6.07, 6.45) is 1.67. The first-order valence-corrected chi connectivity index (χ1v) is 7.11. The van der Waals surface area contributed by atoms with Crippen LogP contribution >= 0.6 is 11.3 Å². The summed E-state index contributed by atoms with van der Waals surface area (Å²) in [6, 6.07) is 5.88. The second-order valence-electron chi connectivity index (χ2n) is 4.25. The predicted molar refractivity (Wildman–Crippen MR) is 73.7 cm³/mol. The molecule has 0 unspecified atom stereocenters. The normalized spacial score (nSPS) is 14.2. The van der Waals surface area contributed by atoms with E-state index in [1.807, 2.05) is 18.2 Å². The highest BCUT2D eigenvalue weighted by molar-refractivity contribution is 7.14. The highest BCUT2D eigenvalue weighted by Gasteiger charge is 2.13. The second-order valence-corrected chi connectivity index (χ2v) is 5.31. The summed E-state index contributed by atoms with van der Waals surface area (Å²) in [5.41, 5.74) is 6.52. The molecule has 2 aromatic rings. The van der Waals surface area contributed by atoms with Crippen LogP contribution in [0.15, 0.2) is 18.2 Å². The molecular weight excluding hydrogens is 262 g/mol. The number of ether oxygens (including phenoxy) is 2. The van der Waals surface area contributed by atoms with Crippen LogP contribution in [0.5, 0.6) is 11.5 Å². The van der Waals surface area contributed by atoms with Crippen molar-refractivity contribution >= 4 is 11.3 Å². The quantitative estimate of drug-likeness (QED) is 0.927. The van der Waals surface area contributed by atoms with Gasteiger partial charge >= 0.3 is 0 Å². The minimum absolute atomic E-state index is 0.593. The fourth-order valence-electron chi connectivity index (χ4n) is 1.89. The summed E-state index contributed by atoms with van der Waals surface area (Å²) in [5, 5.41) is 10.2. The fourth-order valence-corrected chi connectivity index (χ4v) is 2.74. The molecule has 5 nitrogen and oxygen atoms in total. The van der Waals surface area contributed by atoms with Gasteiger partial charge in [-0.3, -0.25) is 0 Å². The lowest BCUT2D eigenvalue weighted by atomic mass is 10.2. The molecule has 2 heterocycles. The molecule has 0 radical (unpaired) electrons. The Kier molecular flexibility index (Phi) is 3.61. The van der Waals surface area contributed by atoms with Crippen molar-refractivity contribution < 1.29 is 9.47 Å². The number of hydrogen-bond acceptors (Lipinski definition) is 6. The van der Waals surface area contributed by atoms with E-state index in [0.717, 1.165) is 39.9 Å². The van der Waals surface area contributed by atoms with Gasteiger partial charge in [-0.15, -0.1) is 10.2 Å². The number of hydrogen-bond donors (Lipinski definition) is 1. The van der Waals surface area contributed by atoms with Crippen molar-refractivity contribution in [2.45, 2.75) is 12.8 Å². The summed E-state index contributed by atoms with van der Waals surface area (Å²) >= 11 is 1.57. The first-order chi connectivity index (χ1) is 9.36. The van der Waals surface area contributed by atoms with E-state index in [1.165, 1.54) is 0 Å². The zero-order chi connectivity index (χ0) is 13.1. The summed E-state index contributed by atoms with van der Waals surface area (Å²) in [6.45, 7) is 1.98. The van der Waals surface area contributed by atoms with Gasteiger partial charge in [0.05, 0.1) is 13.2 Å². The molecule has 6 heteroatoms. The second kappa shape index (κ2) is 5.54. The molecule has 1 aromatic carbocycles. The molecule has 2 N–H and O–H groups in total. The van der Waals surface area contributed by atoms with Gasteiger partial charge in [-0.2, -0.15) is 0 Å². The summed E-state index contributed by atoms with van der Waals surface area (Å²) < 4.78 is 11.3. The van der Waals surface area contributed by atoms with Crippen LogP contribution in [0.25, 0.3) is 10.6 Å². The van der Waals surface area contributed by atoms with Gasteiger partial charge in [0.25, 0.3) is 0 Å². The van der Waals surface area contributed by atoms with Crippen LogP contribution in [0.2, 0.25) is 0 Å². The van der Waals surface area contributed by atoms with E-state index in [1.54, 1.807) is 11.3 Å². The molecular formula is C13H15N3O2S. The van der Waals surface area contributed by atoms with Crippen molar-refractivity contribution in [1.29, 1.82) is 0 Å². The van der Waals surface area contributed by atoms with E-state index in [4.69, 9.17) is 15.2 Å². The van der Waals surface area contributed by atoms with Crippen LogP contribution in [0.1, 0.15) is 11.4 Å².